The van der Waals surface area contributed by atoms with Crippen LogP contribution in [0.4, 0.5) is 10.2 Å². The zero-order chi connectivity index (χ0) is 25.7. The lowest BCUT2D eigenvalue weighted by Gasteiger charge is -2.47. The van der Waals surface area contributed by atoms with Crippen molar-refractivity contribution >= 4 is 64.7 Å². The second-order valence-electron chi connectivity index (χ2n) is 9.64. The first-order valence-electron chi connectivity index (χ1n) is 12.4. The van der Waals surface area contributed by atoms with E-state index in [0.717, 1.165) is 36.8 Å². The summed E-state index contributed by atoms with van der Waals surface area (Å²) in [5, 5.41) is 9.08. The highest BCUT2D eigenvalue weighted by molar-refractivity contribution is 14.2. The van der Waals surface area contributed by atoms with Gasteiger partial charge in [0, 0.05) is 65.3 Å². The van der Waals surface area contributed by atoms with Gasteiger partial charge in [0.05, 0.1) is 18.7 Å². The van der Waals surface area contributed by atoms with E-state index < -0.39 is 5.82 Å². The van der Waals surface area contributed by atoms with E-state index >= 15 is 0 Å². The van der Waals surface area contributed by atoms with Crippen LogP contribution in [0.5, 0.6) is 0 Å². The summed E-state index contributed by atoms with van der Waals surface area (Å²) >= 11 is 2.17. The van der Waals surface area contributed by atoms with Gasteiger partial charge in [-0.2, -0.15) is 0 Å². The maximum absolute atomic E-state index is 14.2. The molecule has 37 heavy (non-hydrogen) atoms. The zero-order valence-corrected chi connectivity index (χ0v) is 23.2. The van der Waals surface area contributed by atoms with Gasteiger partial charge >= 0.3 is 5.97 Å². The number of halogens is 2. The summed E-state index contributed by atoms with van der Waals surface area (Å²) in [6.07, 6.45) is 11.0. The number of nitrogens with zero attached hydrogens (tertiary/aromatic N) is 5. The van der Waals surface area contributed by atoms with Crippen molar-refractivity contribution in [2.24, 2.45) is 17.8 Å². The van der Waals surface area contributed by atoms with Gasteiger partial charge in [0.2, 0.25) is 0 Å². The molecule has 11 heteroatoms. The first kappa shape index (κ1) is 24.7. The predicted molar refractivity (Wildman–Crippen MR) is 152 cm³/mol. The van der Waals surface area contributed by atoms with Crippen LogP contribution in [-0.4, -0.2) is 42.2 Å². The van der Waals surface area contributed by atoms with Gasteiger partial charge in [-0.05, 0) is 56.6 Å². The highest BCUT2D eigenvalue weighted by Crippen LogP contribution is 2.47. The second kappa shape index (κ2) is 9.90. The van der Waals surface area contributed by atoms with E-state index in [-0.39, 0.29) is 17.9 Å². The number of hydrogen-bond acceptors (Lipinski definition) is 7. The van der Waals surface area contributed by atoms with E-state index in [9.17, 15) is 9.18 Å². The van der Waals surface area contributed by atoms with Crippen LogP contribution in [0.15, 0.2) is 37.3 Å². The highest BCUT2D eigenvalue weighted by atomic mass is 127. The fourth-order valence-electron chi connectivity index (χ4n) is 6.11. The number of carbonyl (C=O) groups excluding carboxylic acids is 1. The molecule has 0 spiro atoms. The molecule has 2 atom stereocenters. The van der Waals surface area contributed by atoms with Gasteiger partial charge in [-0.25, -0.2) is 18.9 Å². The number of rotatable bonds is 7. The molecule has 2 bridgehead atoms. The summed E-state index contributed by atoms with van der Waals surface area (Å²) in [7, 11) is 1.44. The van der Waals surface area contributed by atoms with Gasteiger partial charge < -0.3 is 10.1 Å². The first-order chi connectivity index (χ1) is 18.0. The molecule has 4 aromatic rings. The van der Waals surface area contributed by atoms with E-state index in [4.69, 9.17) is 14.8 Å². The maximum Gasteiger partial charge on any atom is 0.311 e. The highest BCUT2D eigenvalue weighted by Gasteiger charge is 2.48. The predicted octanol–water partition coefficient (Wildman–Crippen LogP) is 6.15. The molecule has 4 aromatic heterocycles. The Kier molecular flexibility index (Phi) is 6.59. The van der Waals surface area contributed by atoms with Gasteiger partial charge in [-0.15, -0.1) is 5.10 Å². The smallest absolute Gasteiger partial charge is 0.311 e. The number of carbonyl (C=O) groups is 1. The van der Waals surface area contributed by atoms with Crippen LogP contribution in [0.1, 0.15) is 38.2 Å². The van der Waals surface area contributed by atoms with Gasteiger partial charge in [-0.1, -0.05) is 12.7 Å². The molecule has 192 valence electrons. The number of fused-ring (bicyclic) bond motifs is 5. The molecule has 3 aliphatic rings. The lowest BCUT2D eigenvalue weighted by molar-refractivity contribution is -0.154. The molecular weight excluding hydrogens is 606 g/mol. The standard InChI is InChI=1S/C26H26FIN6O2S/c1-3-14-9-10-33-22(14)24(30-21-16-7-5-15(6-8-16)20(21)26(35)36-4-2)31-23(32-33)19-13-34(37-28)25-18(19)11-17(27)12-29-25/h3,9-13,15-16,20-21H,1,4-8H2,2H3,(H,30,31,32)/t15?,16?,20-,21-/m0/s1. The number of hydrogen-bond donors (Lipinski definition) is 1. The van der Waals surface area contributed by atoms with E-state index in [1.165, 1.54) is 21.4 Å². The minimum atomic E-state index is -0.421. The van der Waals surface area contributed by atoms with Crippen LogP contribution in [0.2, 0.25) is 0 Å². The fourth-order valence-corrected chi connectivity index (χ4v) is 7.36. The molecule has 0 saturated heterocycles. The van der Waals surface area contributed by atoms with Crippen molar-refractivity contribution in [2.75, 3.05) is 11.9 Å². The number of aromatic nitrogens is 5. The zero-order valence-electron chi connectivity index (χ0n) is 20.2. The minimum Gasteiger partial charge on any atom is -0.466 e. The molecule has 0 radical (unpaired) electrons. The molecule has 0 unspecified atom stereocenters. The number of ether oxygens (including phenoxy) is 1. The lowest BCUT2D eigenvalue weighted by atomic mass is 9.61. The Bertz CT molecular complexity index is 1510. The van der Waals surface area contributed by atoms with E-state index in [1.54, 1.807) is 10.6 Å². The number of pyridine rings is 1. The third-order valence-corrected chi connectivity index (χ3v) is 9.44. The number of esters is 1. The average molecular weight is 633 g/mol. The van der Waals surface area contributed by atoms with Crippen molar-refractivity contribution in [3.8, 4) is 11.4 Å². The molecule has 3 saturated carbocycles. The number of nitrogens with one attached hydrogen (secondary N) is 1. The fraction of sp³-hybridized carbons (Fsp3) is 0.385. The molecule has 3 aliphatic carbocycles. The summed E-state index contributed by atoms with van der Waals surface area (Å²) in [5.74, 6) is 0.953. The van der Waals surface area contributed by atoms with Gasteiger partial charge in [0.1, 0.15) is 11.3 Å². The van der Waals surface area contributed by atoms with E-state index in [2.05, 4.69) is 38.1 Å². The van der Waals surface area contributed by atoms with Gasteiger partial charge in [0.25, 0.3) is 0 Å². The Morgan fingerprint density at radius 2 is 2.14 bits per heavy atom. The number of anilines is 1. The van der Waals surface area contributed by atoms with Crippen LogP contribution in [0.25, 0.3) is 34.0 Å². The summed E-state index contributed by atoms with van der Waals surface area (Å²) < 4.78 is 23.4. The Hall–Kier alpha value is -2.67. The van der Waals surface area contributed by atoms with Crippen LogP contribution in [0.3, 0.4) is 0 Å². The first-order valence-corrected chi connectivity index (χ1v) is 15.7. The molecule has 0 aliphatic heterocycles. The van der Waals surface area contributed by atoms with Gasteiger partial charge in [-0.3, -0.25) is 8.77 Å². The molecule has 8 nitrogen and oxygen atoms in total. The quantitative estimate of drug-likeness (QED) is 0.193. The SMILES string of the molecule is C=Cc1ccn2nc(-c3cn(SI)c4ncc(F)cc34)nc(N[C@H]3C4CCC(CC4)[C@@H]3C(=O)OCC)c12. The summed E-state index contributed by atoms with van der Waals surface area (Å²) in [4.78, 5) is 22.3. The van der Waals surface area contributed by atoms with Gasteiger partial charge in [0.15, 0.2) is 17.3 Å². The topological polar surface area (TPSA) is 86.3 Å². The Labute approximate surface area is 229 Å². The Morgan fingerprint density at radius 1 is 1.35 bits per heavy atom. The lowest BCUT2D eigenvalue weighted by Crippen LogP contribution is -2.52. The molecule has 0 amide bonds. The Balaban J connectivity index is 1.50. The van der Waals surface area contributed by atoms with Crippen molar-refractivity contribution in [2.45, 2.75) is 38.6 Å². The maximum atomic E-state index is 14.2. The molecule has 3 fully saturated rings. The molecule has 0 aromatic carbocycles. The average Bonchev–Trinajstić information content (AvgIpc) is 3.50. The molecular formula is C26H26FIN6O2S. The Morgan fingerprint density at radius 3 is 2.86 bits per heavy atom. The van der Waals surface area contributed by atoms with Crippen LogP contribution in [-0.2, 0) is 9.53 Å². The van der Waals surface area contributed by atoms with Crippen molar-refractivity contribution in [3.05, 3.63) is 48.7 Å². The van der Waals surface area contributed by atoms with Crippen LogP contribution in [0, 0.1) is 23.6 Å². The van der Waals surface area contributed by atoms with Crippen molar-refractivity contribution in [1.82, 2.24) is 23.6 Å². The van der Waals surface area contributed by atoms with Crippen LogP contribution < -0.4 is 5.32 Å². The van der Waals surface area contributed by atoms with Crippen molar-refractivity contribution in [1.29, 1.82) is 0 Å². The largest absolute Gasteiger partial charge is 0.466 e. The summed E-state index contributed by atoms with van der Waals surface area (Å²) in [5.41, 5.74) is 3.00. The minimum absolute atomic E-state index is 0.0870. The monoisotopic (exact) mass is 632 g/mol. The van der Waals surface area contributed by atoms with E-state index in [1.807, 2.05) is 29.4 Å². The van der Waals surface area contributed by atoms with Crippen molar-refractivity contribution in [3.63, 3.8) is 0 Å². The molecule has 4 heterocycles. The normalized spacial score (nSPS) is 23.0. The second-order valence-corrected chi connectivity index (χ2v) is 11.4. The molecule has 1 N–H and O–H groups in total. The third kappa shape index (κ3) is 4.19. The summed E-state index contributed by atoms with van der Waals surface area (Å²) in [6.45, 7) is 6.18. The third-order valence-electron chi connectivity index (χ3n) is 7.74. The molecule has 7 rings (SSSR count). The van der Waals surface area contributed by atoms with Crippen LogP contribution >= 0.6 is 30.3 Å². The van der Waals surface area contributed by atoms with Crippen molar-refractivity contribution < 1.29 is 13.9 Å². The van der Waals surface area contributed by atoms with E-state index in [0.29, 0.717) is 46.7 Å². The summed E-state index contributed by atoms with van der Waals surface area (Å²) in [6, 6.07) is 3.31.